The summed E-state index contributed by atoms with van der Waals surface area (Å²) < 4.78 is 0. The van der Waals surface area contributed by atoms with Crippen LogP contribution in [0.25, 0.3) is 0 Å². The molecule has 0 aliphatic heterocycles. The summed E-state index contributed by atoms with van der Waals surface area (Å²) >= 11 is 0. The van der Waals surface area contributed by atoms with Crippen LogP contribution in [-0.4, -0.2) is 25.4 Å². The number of Topliss-reactive ketones (excluding diaryl/α,β-unsaturated/α-hetero) is 1. The molecular formula is C7H10N2O. The summed E-state index contributed by atoms with van der Waals surface area (Å²) in [4.78, 5) is 17.8. The first-order valence-corrected chi connectivity index (χ1v) is 2.82. The second-order valence-electron chi connectivity index (χ2n) is 1.73. The lowest BCUT2D eigenvalue weighted by molar-refractivity contribution is -0.113. The van der Waals surface area contributed by atoms with Gasteiger partial charge >= 0.3 is 0 Å². The van der Waals surface area contributed by atoms with E-state index in [0.29, 0.717) is 5.57 Å². The number of nitrogens with zero attached hydrogens (tertiary/aromatic N) is 2. The number of rotatable bonds is 3. The monoisotopic (exact) mass is 138 g/mol. The second kappa shape index (κ2) is 4.61. The molecule has 0 aromatic rings. The number of aliphatic imine (C=N–C) groups is 2. The van der Waals surface area contributed by atoms with Crippen molar-refractivity contribution in [2.24, 2.45) is 9.98 Å². The molecule has 0 rings (SSSR count). The van der Waals surface area contributed by atoms with E-state index in [2.05, 4.69) is 16.6 Å². The number of hydrogen-bond acceptors (Lipinski definition) is 2. The molecule has 0 N–H and O–H groups in total. The van der Waals surface area contributed by atoms with Gasteiger partial charge in [0.15, 0.2) is 5.78 Å². The SMILES string of the molecule is C=C(C=NC=NC)C(C)=O. The summed E-state index contributed by atoms with van der Waals surface area (Å²) in [5.74, 6) is -0.0757. The third kappa shape index (κ3) is 3.72. The summed E-state index contributed by atoms with van der Waals surface area (Å²) in [6.07, 6.45) is 2.74. The molecule has 0 saturated carbocycles. The summed E-state index contributed by atoms with van der Waals surface area (Å²) in [6.45, 7) is 4.91. The molecular weight excluding hydrogens is 128 g/mol. The number of allylic oxidation sites excluding steroid dienone is 1. The zero-order valence-corrected chi connectivity index (χ0v) is 6.16. The summed E-state index contributed by atoms with van der Waals surface area (Å²) in [5.41, 5.74) is 0.389. The Bertz CT molecular complexity index is 192. The van der Waals surface area contributed by atoms with Gasteiger partial charge in [-0.25, -0.2) is 4.99 Å². The van der Waals surface area contributed by atoms with Gasteiger partial charge in [0.05, 0.1) is 0 Å². The van der Waals surface area contributed by atoms with Crippen molar-refractivity contribution < 1.29 is 4.79 Å². The van der Waals surface area contributed by atoms with Crippen LogP contribution in [0.4, 0.5) is 0 Å². The molecule has 0 heterocycles. The lowest BCUT2D eigenvalue weighted by Crippen LogP contribution is -1.95. The second-order valence-corrected chi connectivity index (χ2v) is 1.73. The molecule has 0 aromatic heterocycles. The topological polar surface area (TPSA) is 41.8 Å². The van der Waals surface area contributed by atoms with Gasteiger partial charge in [-0.2, -0.15) is 0 Å². The van der Waals surface area contributed by atoms with E-state index in [1.54, 1.807) is 7.05 Å². The Morgan fingerprint density at radius 1 is 1.60 bits per heavy atom. The van der Waals surface area contributed by atoms with Crippen LogP contribution in [0.15, 0.2) is 22.1 Å². The first-order valence-electron chi connectivity index (χ1n) is 2.82. The van der Waals surface area contributed by atoms with E-state index in [9.17, 15) is 4.79 Å². The van der Waals surface area contributed by atoms with E-state index in [1.807, 2.05) is 0 Å². The van der Waals surface area contributed by atoms with Crippen LogP contribution in [0.3, 0.4) is 0 Å². The molecule has 0 amide bonds. The molecule has 0 atom stereocenters. The molecule has 0 fully saturated rings. The van der Waals surface area contributed by atoms with Crippen molar-refractivity contribution in [3.05, 3.63) is 12.2 Å². The van der Waals surface area contributed by atoms with E-state index >= 15 is 0 Å². The summed E-state index contributed by atoms with van der Waals surface area (Å²) in [6, 6.07) is 0. The largest absolute Gasteiger partial charge is 0.294 e. The van der Waals surface area contributed by atoms with E-state index in [1.165, 1.54) is 19.5 Å². The van der Waals surface area contributed by atoms with E-state index in [4.69, 9.17) is 0 Å². The lowest BCUT2D eigenvalue weighted by Gasteiger charge is -1.85. The van der Waals surface area contributed by atoms with Crippen molar-refractivity contribution in [3.63, 3.8) is 0 Å². The fourth-order valence-electron chi connectivity index (χ4n) is 0.281. The third-order valence-corrected chi connectivity index (χ3v) is 0.865. The molecule has 0 saturated heterocycles. The lowest BCUT2D eigenvalue weighted by atomic mass is 10.2. The average Bonchev–Trinajstić information content (AvgIpc) is 1.88. The van der Waals surface area contributed by atoms with Crippen molar-refractivity contribution in [1.29, 1.82) is 0 Å². The Labute approximate surface area is 60.2 Å². The molecule has 54 valence electrons. The standard InChI is InChI=1S/C7H10N2O/c1-6(7(2)10)4-9-5-8-3/h4-5H,1H2,2-3H3. The van der Waals surface area contributed by atoms with Gasteiger partial charge in [0.25, 0.3) is 0 Å². The van der Waals surface area contributed by atoms with Gasteiger partial charge in [-0.05, 0) is 6.92 Å². The highest BCUT2D eigenvalue weighted by atomic mass is 16.1. The van der Waals surface area contributed by atoms with Crippen LogP contribution in [0, 0.1) is 0 Å². The van der Waals surface area contributed by atoms with Gasteiger partial charge in [-0.3, -0.25) is 9.79 Å². The maximum atomic E-state index is 10.5. The quantitative estimate of drug-likeness (QED) is 0.324. The number of ketones is 1. The normalized spacial score (nSPS) is 11.0. The Morgan fingerprint density at radius 2 is 2.20 bits per heavy atom. The van der Waals surface area contributed by atoms with Crippen molar-refractivity contribution in [1.82, 2.24) is 0 Å². The van der Waals surface area contributed by atoms with Crippen LogP contribution in [0.5, 0.6) is 0 Å². The van der Waals surface area contributed by atoms with Crippen LogP contribution < -0.4 is 0 Å². The van der Waals surface area contributed by atoms with Crippen LogP contribution >= 0.6 is 0 Å². The molecule has 0 aliphatic carbocycles. The van der Waals surface area contributed by atoms with Crippen molar-refractivity contribution >= 4 is 18.3 Å². The van der Waals surface area contributed by atoms with Gasteiger partial charge < -0.3 is 0 Å². The first kappa shape index (κ1) is 8.75. The molecule has 3 nitrogen and oxygen atoms in total. The molecule has 0 radical (unpaired) electrons. The minimum absolute atomic E-state index is 0.0757. The molecule has 0 spiro atoms. The van der Waals surface area contributed by atoms with Crippen molar-refractivity contribution in [3.8, 4) is 0 Å². The van der Waals surface area contributed by atoms with E-state index < -0.39 is 0 Å². The number of carbonyl (C=O) groups is 1. The fourth-order valence-corrected chi connectivity index (χ4v) is 0.281. The zero-order chi connectivity index (χ0) is 7.98. The van der Waals surface area contributed by atoms with Crippen LogP contribution in [0.2, 0.25) is 0 Å². The number of hydrogen-bond donors (Lipinski definition) is 0. The highest BCUT2D eigenvalue weighted by Gasteiger charge is 1.92. The van der Waals surface area contributed by atoms with E-state index in [-0.39, 0.29) is 5.78 Å². The highest BCUT2D eigenvalue weighted by molar-refractivity contribution is 6.12. The van der Waals surface area contributed by atoms with Gasteiger partial charge in [0, 0.05) is 18.8 Å². The molecule has 0 aromatic carbocycles. The Kier molecular flexibility index (Phi) is 4.04. The van der Waals surface area contributed by atoms with Gasteiger partial charge in [-0.15, -0.1) is 0 Å². The first-order chi connectivity index (χ1) is 4.68. The fraction of sp³-hybridized carbons (Fsp3) is 0.286. The highest BCUT2D eigenvalue weighted by Crippen LogP contribution is 1.84. The maximum absolute atomic E-state index is 10.5. The van der Waals surface area contributed by atoms with Crippen molar-refractivity contribution in [2.75, 3.05) is 7.05 Å². The predicted molar refractivity (Wildman–Crippen MR) is 42.7 cm³/mol. The zero-order valence-electron chi connectivity index (χ0n) is 6.16. The Balaban J connectivity index is 3.90. The Hall–Kier alpha value is -1.25. The minimum Gasteiger partial charge on any atom is -0.294 e. The molecule has 3 heteroatoms. The van der Waals surface area contributed by atoms with Gasteiger partial charge in [0.1, 0.15) is 6.34 Å². The summed E-state index contributed by atoms with van der Waals surface area (Å²) in [7, 11) is 1.61. The van der Waals surface area contributed by atoms with Gasteiger partial charge in [0.2, 0.25) is 0 Å². The smallest absolute Gasteiger partial charge is 0.160 e. The average molecular weight is 138 g/mol. The molecule has 0 bridgehead atoms. The minimum atomic E-state index is -0.0757. The molecule has 0 aliphatic rings. The molecule has 10 heavy (non-hydrogen) atoms. The Morgan fingerprint density at radius 3 is 2.60 bits per heavy atom. The third-order valence-electron chi connectivity index (χ3n) is 0.865. The maximum Gasteiger partial charge on any atom is 0.160 e. The molecule has 0 unspecified atom stereocenters. The number of carbonyl (C=O) groups excluding carboxylic acids is 1. The summed E-state index contributed by atoms with van der Waals surface area (Å²) in [5, 5.41) is 0. The predicted octanol–water partition coefficient (Wildman–Crippen LogP) is 0.861. The van der Waals surface area contributed by atoms with E-state index in [0.717, 1.165) is 0 Å². The van der Waals surface area contributed by atoms with Crippen molar-refractivity contribution in [2.45, 2.75) is 6.92 Å². The van der Waals surface area contributed by atoms with Crippen LogP contribution in [0.1, 0.15) is 6.92 Å². The van der Waals surface area contributed by atoms with Crippen LogP contribution in [-0.2, 0) is 4.79 Å². The van der Waals surface area contributed by atoms with Gasteiger partial charge in [-0.1, -0.05) is 6.58 Å².